The van der Waals surface area contributed by atoms with E-state index in [9.17, 15) is 5.11 Å². The van der Waals surface area contributed by atoms with E-state index in [4.69, 9.17) is 0 Å². The fourth-order valence-electron chi connectivity index (χ4n) is 3.69. The van der Waals surface area contributed by atoms with Gasteiger partial charge >= 0.3 is 0 Å². The molecule has 26 heavy (non-hydrogen) atoms. The Morgan fingerprint density at radius 2 is 1.35 bits per heavy atom. The van der Waals surface area contributed by atoms with Crippen molar-refractivity contribution in [3.63, 3.8) is 0 Å². The van der Waals surface area contributed by atoms with Gasteiger partial charge in [-0.3, -0.25) is 0 Å². The molecule has 0 saturated carbocycles. The smallest absolute Gasteiger partial charge is 0.108 e. The largest absolute Gasteiger partial charge is 0.393 e. The van der Waals surface area contributed by atoms with Crippen LogP contribution in [0.5, 0.6) is 0 Å². The maximum absolute atomic E-state index is 10.2. The molecule has 0 aliphatic carbocycles. The van der Waals surface area contributed by atoms with Gasteiger partial charge in [0.05, 0.1) is 6.10 Å². The zero-order valence-electron chi connectivity index (χ0n) is 17.6. The molecule has 0 radical (unpaired) electrons. The number of rotatable bonds is 18. The van der Waals surface area contributed by atoms with Gasteiger partial charge in [-0.05, 0) is 12.8 Å². The molecule has 1 N–H and O–H groups in total. The highest BCUT2D eigenvalue weighted by Crippen LogP contribution is 2.14. The molecule has 0 bridgehead atoms. The first-order valence-corrected chi connectivity index (χ1v) is 11.5. The molecule has 1 unspecified atom stereocenters. The van der Waals surface area contributed by atoms with Gasteiger partial charge in [-0.25, -0.2) is 4.98 Å². The van der Waals surface area contributed by atoms with Gasteiger partial charge in [-0.15, -0.1) is 0 Å². The number of aliphatic hydroxyl groups excluding tert-OH is 1. The number of nitrogens with zero attached hydrogens (tertiary/aromatic N) is 2. The molecule has 0 spiro atoms. The summed E-state index contributed by atoms with van der Waals surface area (Å²) in [5, 5.41) is 10.2. The summed E-state index contributed by atoms with van der Waals surface area (Å²) < 4.78 is 2.17. The van der Waals surface area contributed by atoms with Gasteiger partial charge in [0.1, 0.15) is 5.82 Å². The molecular formula is C23H44N2O. The molecule has 0 aliphatic rings. The molecule has 152 valence electrons. The van der Waals surface area contributed by atoms with E-state index >= 15 is 0 Å². The molecule has 1 atom stereocenters. The third-order valence-corrected chi connectivity index (χ3v) is 5.46. The maximum Gasteiger partial charge on any atom is 0.108 e. The molecule has 0 amide bonds. The van der Waals surface area contributed by atoms with Crippen molar-refractivity contribution in [2.24, 2.45) is 0 Å². The van der Waals surface area contributed by atoms with Crippen LogP contribution in [-0.2, 0) is 13.0 Å². The van der Waals surface area contributed by atoms with Crippen molar-refractivity contribution in [2.75, 3.05) is 0 Å². The van der Waals surface area contributed by atoms with Crippen molar-refractivity contribution >= 4 is 0 Å². The van der Waals surface area contributed by atoms with Crippen LogP contribution in [-0.4, -0.2) is 20.8 Å². The predicted molar refractivity (Wildman–Crippen MR) is 113 cm³/mol. The summed E-state index contributed by atoms with van der Waals surface area (Å²) in [5.41, 5.74) is 0. The van der Waals surface area contributed by atoms with Crippen LogP contribution >= 0.6 is 0 Å². The van der Waals surface area contributed by atoms with Crippen molar-refractivity contribution in [3.8, 4) is 0 Å². The molecule has 1 aromatic rings. The van der Waals surface area contributed by atoms with Crippen LogP contribution in [0.4, 0.5) is 0 Å². The van der Waals surface area contributed by atoms with E-state index in [1.54, 1.807) is 0 Å². The van der Waals surface area contributed by atoms with Crippen LogP contribution in [0.15, 0.2) is 12.4 Å². The number of aliphatic hydroxyl groups is 1. The Labute approximate surface area is 162 Å². The number of hydrogen-bond donors (Lipinski definition) is 1. The predicted octanol–water partition coefficient (Wildman–Crippen LogP) is 6.68. The highest BCUT2D eigenvalue weighted by atomic mass is 16.3. The number of hydrogen-bond acceptors (Lipinski definition) is 2. The van der Waals surface area contributed by atoms with Crippen molar-refractivity contribution in [3.05, 3.63) is 18.2 Å². The van der Waals surface area contributed by atoms with Gasteiger partial charge in [-0.2, -0.15) is 0 Å². The summed E-state index contributed by atoms with van der Waals surface area (Å²) in [5.74, 6) is 1.12. The topological polar surface area (TPSA) is 38.0 Å². The Bertz CT molecular complexity index is 416. The van der Waals surface area contributed by atoms with Gasteiger partial charge in [0.25, 0.3) is 0 Å². The average molecular weight is 365 g/mol. The van der Waals surface area contributed by atoms with E-state index in [0.717, 1.165) is 31.6 Å². The zero-order chi connectivity index (χ0) is 18.9. The van der Waals surface area contributed by atoms with E-state index < -0.39 is 0 Å². The van der Waals surface area contributed by atoms with Crippen LogP contribution in [0.3, 0.4) is 0 Å². The standard InChI is InChI=1S/C23H44N2O/c1-3-5-6-7-8-9-10-11-12-13-14-15-16-17-22(26)18-20-25-21-19-24-23(25)4-2/h19,21-22,26H,3-18,20H2,1-2H3. The second-order valence-electron chi connectivity index (χ2n) is 7.86. The number of aromatic nitrogens is 2. The Morgan fingerprint density at radius 3 is 1.88 bits per heavy atom. The van der Waals surface area contributed by atoms with Crippen molar-refractivity contribution in [1.82, 2.24) is 9.55 Å². The molecular weight excluding hydrogens is 320 g/mol. The minimum absolute atomic E-state index is 0.158. The lowest BCUT2D eigenvalue weighted by molar-refractivity contribution is 0.145. The van der Waals surface area contributed by atoms with Crippen LogP contribution in [0.1, 0.15) is 116 Å². The number of aryl methyl sites for hydroxylation is 2. The molecule has 3 nitrogen and oxygen atoms in total. The monoisotopic (exact) mass is 364 g/mol. The molecule has 1 aromatic heterocycles. The quantitative estimate of drug-likeness (QED) is 0.295. The van der Waals surface area contributed by atoms with Crippen LogP contribution in [0, 0.1) is 0 Å². The van der Waals surface area contributed by atoms with Gasteiger partial charge in [0.15, 0.2) is 0 Å². The number of unbranched alkanes of at least 4 members (excludes halogenated alkanes) is 12. The summed E-state index contributed by atoms with van der Waals surface area (Å²) >= 11 is 0. The van der Waals surface area contributed by atoms with E-state index in [-0.39, 0.29) is 6.10 Å². The summed E-state index contributed by atoms with van der Waals surface area (Å²) in [4.78, 5) is 4.33. The fraction of sp³-hybridized carbons (Fsp3) is 0.870. The average Bonchev–Trinajstić information content (AvgIpc) is 3.11. The van der Waals surface area contributed by atoms with Crippen LogP contribution in [0.25, 0.3) is 0 Å². The number of imidazole rings is 1. The van der Waals surface area contributed by atoms with E-state index in [1.807, 2.05) is 12.4 Å². The summed E-state index contributed by atoms with van der Waals surface area (Å²) in [6, 6.07) is 0. The van der Waals surface area contributed by atoms with E-state index in [1.165, 1.54) is 83.5 Å². The van der Waals surface area contributed by atoms with Crippen LogP contribution < -0.4 is 0 Å². The van der Waals surface area contributed by atoms with Crippen molar-refractivity contribution in [2.45, 2.75) is 129 Å². The van der Waals surface area contributed by atoms with Crippen LogP contribution in [0.2, 0.25) is 0 Å². The Morgan fingerprint density at radius 1 is 0.808 bits per heavy atom. The lowest BCUT2D eigenvalue weighted by Gasteiger charge is -2.12. The van der Waals surface area contributed by atoms with Gasteiger partial charge < -0.3 is 9.67 Å². The van der Waals surface area contributed by atoms with E-state index in [2.05, 4.69) is 23.4 Å². The first-order chi connectivity index (χ1) is 12.8. The molecule has 1 rings (SSSR count). The summed E-state index contributed by atoms with van der Waals surface area (Å²) in [6.07, 6.45) is 24.4. The SMILES string of the molecule is CCCCCCCCCCCCCCCC(O)CCn1ccnc1CC. The molecule has 0 aromatic carbocycles. The van der Waals surface area contributed by atoms with E-state index in [0.29, 0.717) is 0 Å². The van der Waals surface area contributed by atoms with Gasteiger partial charge in [-0.1, -0.05) is 97.3 Å². The first kappa shape index (κ1) is 23.2. The second-order valence-corrected chi connectivity index (χ2v) is 7.86. The molecule has 0 saturated heterocycles. The molecule has 0 fully saturated rings. The fourth-order valence-corrected chi connectivity index (χ4v) is 3.69. The molecule has 3 heteroatoms. The van der Waals surface area contributed by atoms with Gasteiger partial charge in [0, 0.05) is 25.4 Å². The lowest BCUT2D eigenvalue weighted by atomic mass is 10.0. The molecule has 1 heterocycles. The zero-order valence-corrected chi connectivity index (χ0v) is 17.6. The first-order valence-electron chi connectivity index (χ1n) is 11.5. The third-order valence-electron chi connectivity index (χ3n) is 5.46. The highest BCUT2D eigenvalue weighted by Gasteiger charge is 2.06. The third kappa shape index (κ3) is 11.7. The summed E-state index contributed by atoms with van der Waals surface area (Å²) in [6.45, 7) is 5.30. The minimum Gasteiger partial charge on any atom is -0.393 e. The Kier molecular flexibility index (Phi) is 14.6. The Hall–Kier alpha value is -0.830. The van der Waals surface area contributed by atoms with Crippen molar-refractivity contribution < 1.29 is 5.11 Å². The summed E-state index contributed by atoms with van der Waals surface area (Å²) in [7, 11) is 0. The highest BCUT2D eigenvalue weighted by molar-refractivity contribution is 4.91. The lowest BCUT2D eigenvalue weighted by Crippen LogP contribution is -2.12. The molecule has 0 aliphatic heterocycles. The second kappa shape index (κ2) is 16.4. The minimum atomic E-state index is -0.158. The van der Waals surface area contributed by atoms with Crippen molar-refractivity contribution in [1.29, 1.82) is 0 Å². The maximum atomic E-state index is 10.2. The Balaban J connectivity index is 1.84. The normalized spacial score (nSPS) is 12.6. The van der Waals surface area contributed by atoms with Gasteiger partial charge in [0.2, 0.25) is 0 Å².